The lowest BCUT2D eigenvalue weighted by Gasteiger charge is -2.08. The zero-order valence-corrected chi connectivity index (χ0v) is 16.4. The van der Waals surface area contributed by atoms with Crippen molar-refractivity contribution in [1.29, 1.82) is 0 Å². The lowest BCUT2D eigenvalue weighted by molar-refractivity contribution is 0.601. The van der Waals surface area contributed by atoms with Crippen molar-refractivity contribution in [2.24, 2.45) is 0 Å². The van der Waals surface area contributed by atoms with Crippen LogP contribution >= 0.6 is 0 Å². The summed E-state index contributed by atoms with van der Waals surface area (Å²) in [5.74, 6) is 0.491. The van der Waals surface area contributed by atoms with Gasteiger partial charge in [0.2, 0.25) is 5.95 Å². The van der Waals surface area contributed by atoms with E-state index in [4.69, 9.17) is 0 Å². The predicted molar refractivity (Wildman–Crippen MR) is 111 cm³/mol. The Bertz CT molecular complexity index is 1200. The van der Waals surface area contributed by atoms with Crippen LogP contribution in [0.3, 0.4) is 0 Å². The standard InChI is InChI=1S/C20H18N6O2S/c1-29(27,28)14-15-2-4-16(5-3-15)19-10-11-21-20(24-19)23-17-6-8-18(9-7-17)26-13-12-22-25-26/h2-13H,14H2,1H3,(H,21,23,24). The molecule has 0 fully saturated rings. The maximum Gasteiger partial charge on any atom is 0.227 e. The highest BCUT2D eigenvalue weighted by molar-refractivity contribution is 7.89. The number of aromatic nitrogens is 5. The summed E-state index contributed by atoms with van der Waals surface area (Å²) in [6.45, 7) is 0. The van der Waals surface area contributed by atoms with Crippen LogP contribution < -0.4 is 5.32 Å². The first-order valence-electron chi connectivity index (χ1n) is 8.80. The Balaban J connectivity index is 1.50. The van der Waals surface area contributed by atoms with Crippen molar-refractivity contribution >= 4 is 21.5 Å². The van der Waals surface area contributed by atoms with Crippen LogP contribution in [0.5, 0.6) is 0 Å². The minimum atomic E-state index is -3.06. The Morgan fingerprint density at radius 3 is 2.38 bits per heavy atom. The Labute approximate surface area is 168 Å². The number of hydrogen-bond acceptors (Lipinski definition) is 7. The lowest BCUT2D eigenvalue weighted by atomic mass is 10.1. The molecule has 29 heavy (non-hydrogen) atoms. The summed E-state index contributed by atoms with van der Waals surface area (Å²) in [7, 11) is -3.06. The van der Waals surface area contributed by atoms with Crippen LogP contribution in [-0.2, 0) is 15.6 Å². The number of hydrogen-bond donors (Lipinski definition) is 1. The van der Waals surface area contributed by atoms with E-state index in [1.807, 2.05) is 42.5 Å². The van der Waals surface area contributed by atoms with E-state index in [0.29, 0.717) is 5.95 Å². The fourth-order valence-corrected chi connectivity index (χ4v) is 3.62. The Morgan fingerprint density at radius 1 is 0.966 bits per heavy atom. The Morgan fingerprint density at radius 2 is 1.72 bits per heavy atom. The van der Waals surface area contributed by atoms with E-state index < -0.39 is 9.84 Å². The molecule has 2 aromatic carbocycles. The molecule has 1 N–H and O–H groups in total. The molecule has 0 amide bonds. The van der Waals surface area contributed by atoms with Crippen molar-refractivity contribution in [2.75, 3.05) is 11.6 Å². The summed E-state index contributed by atoms with van der Waals surface area (Å²) >= 11 is 0. The normalized spacial score (nSPS) is 11.3. The second kappa shape index (κ2) is 7.80. The van der Waals surface area contributed by atoms with Gasteiger partial charge in [0.15, 0.2) is 9.84 Å². The van der Waals surface area contributed by atoms with Crippen molar-refractivity contribution in [3.05, 3.63) is 78.8 Å². The molecule has 8 nitrogen and oxygen atoms in total. The first-order valence-corrected chi connectivity index (χ1v) is 10.9. The number of nitrogens with one attached hydrogen (secondary N) is 1. The van der Waals surface area contributed by atoms with Gasteiger partial charge in [-0.15, -0.1) is 5.10 Å². The van der Waals surface area contributed by atoms with Crippen molar-refractivity contribution in [2.45, 2.75) is 5.75 Å². The number of benzene rings is 2. The predicted octanol–water partition coefficient (Wildman–Crippen LogP) is 3.01. The van der Waals surface area contributed by atoms with Crippen molar-refractivity contribution in [3.63, 3.8) is 0 Å². The molecule has 0 saturated carbocycles. The maximum atomic E-state index is 11.4. The molecule has 0 unspecified atom stereocenters. The number of rotatable bonds is 6. The zero-order chi connectivity index (χ0) is 20.3. The topological polar surface area (TPSA) is 103 Å². The molecule has 9 heteroatoms. The van der Waals surface area contributed by atoms with Gasteiger partial charge in [-0.1, -0.05) is 29.5 Å². The first kappa shape index (κ1) is 18.8. The summed E-state index contributed by atoms with van der Waals surface area (Å²) in [5, 5.41) is 10.9. The SMILES string of the molecule is CS(=O)(=O)Cc1ccc(-c2ccnc(Nc3ccc(-n4ccnn4)cc3)n2)cc1. The highest BCUT2D eigenvalue weighted by Gasteiger charge is 2.07. The van der Waals surface area contributed by atoms with Gasteiger partial charge < -0.3 is 5.32 Å². The smallest absolute Gasteiger partial charge is 0.227 e. The molecule has 0 aliphatic carbocycles. The van der Waals surface area contributed by atoms with E-state index in [1.165, 1.54) is 6.26 Å². The summed E-state index contributed by atoms with van der Waals surface area (Å²) < 4.78 is 24.5. The second-order valence-corrected chi connectivity index (χ2v) is 8.69. The summed E-state index contributed by atoms with van der Waals surface area (Å²) in [5.41, 5.74) is 4.12. The van der Waals surface area contributed by atoms with E-state index in [-0.39, 0.29) is 5.75 Å². The molecule has 2 aromatic heterocycles. The van der Waals surface area contributed by atoms with Gasteiger partial charge in [-0.05, 0) is 35.9 Å². The van der Waals surface area contributed by atoms with E-state index in [2.05, 4.69) is 25.6 Å². The number of nitrogens with zero attached hydrogens (tertiary/aromatic N) is 5. The van der Waals surface area contributed by atoms with E-state index in [1.54, 1.807) is 35.4 Å². The molecule has 0 bridgehead atoms. The quantitative estimate of drug-likeness (QED) is 0.525. The monoisotopic (exact) mass is 406 g/mol. The average Bonchev–Trinajstić information content (AvgIpc) is 3.23. The van der Waals surface area contributed by atoms with Crippen molar-refractivity contribution in [1.82, 2.24) is 25.0 Å². The number of anilines is 2. The number of sulfone groups is 1. The molecular weight excluding hydrogens is 388 g/mol. The van der Waals surface area contributed by atoms with Gasteiger partial charge >= 0.3 is 0 Å². The van der Waals surface area contributed by atoms with Gasteiger partial charge in [0.1, 0.15) is 0 Å². The minimum Gasteiger partial charge on any atom is -0.324 e. The molecular formula is C20H18N6O2S. The molecule has 4 rings (SSSR count). The first-order chi connectivity index (χ1) is 14.0. The minimum absolute atomic E-state index is 0.0223. The van der Waals surface area contributed by atoms with Crippen LogP contribution in [0.25, 0.3) is 16.9 Å². The molecule has 0 aliphatic rings. The second-order valence-electron chi connectivity index (χ2n) is 6.55. The average molecular weight is 406 g/mol. The van der Waals surface area contributed by atoms with E-state index in [9.17, 15) is 8.42 Å². The van der Waals surface area contributed by atoms with Crippen LogP contribution in [0.2, 0.25) is 0 Å². The van der Waals surface area contributed by atoms with E-state index >= 15 is 0 Å². The Kier molecular flexibility index (Phi) is 5.05. The molecule has 0 aliphatic heterocycles. The van der Waals surface area contributed by atoms with Crippen LogP contribution in [0.4, 0.5) is 11.6 Å². The van der Waals surface area contributed by atoms with Crippen molar-refractivity contribution < 1.29 is 8.42 Å². The summed E-state index contributed by atoms with van der Waals surface area (Å²) in [6.07, 6.45) is 6.30. The van der Waals surface area contributed by atoms with Gasteiger partial charge in [0.05, 0.1) is 29.5 Å². The largest absolute Gasteiger partial charge is 0.324 e. The zero-order valence-electron chi connectivity index (χ0n) is 15.6. The molecule has 0 saturated heterocycles. The van der Waals surface area contributed by atoms with Gasteiger partial charge in [-0.2, -0.15) is 0 Å². The van der Waals surface area contributed by atoms with Crippen LogP contribution in [-0.4, -0.2) is 39.6 Å². The molecule has 0 atom stereocenters. The Hall–Kier alpha value is -3.59. The van der Waals surface area contributed by atoms with Gasteiger partial charge in [-0.25, -0.2) is 23.1 Å². The highest BCUT2D eigenvalue weighted by atomic mass is 32.2. The lowest BCUT2D eigenvalue weighted by Crippen LogP contribution is -2.01. The highest BCUT2D eigenvalue weighted by Crippen LogP contribution is 2.21. The van der Waals surface area contributed by atoms with Crippen LogP contribution in [0.15, 0.2) is 73.2 Å². The van der Waals surface area contributed by atoms with Crippen LogP contribution in [0, 0.1) is 0 Å². The van der Waals surface area contributed by atoms with Gasteiger partial charge in [-0.3, -0.25) is 0 Å². The summed E-state index contributed by atoms with van der Waals surface area (Å²) in [4.78, 5) is 8.82. The third-order valence-corrected chi connectivity index (χ3v) is 5.00. The third-order valence-electron chi connectivity index (χ3n) is 4.14. The fourth-order valence-electron chi connectivity index (χ4n) is 2.83. The van der Waals surface area contributed by atoms with Gasteiger partial charge in [0, 0.05) is 23.7 Å². The fraction of sp³-hybridized carbons (Fsp3) is 0.100. The third kappa shape index (κ3) is 4.82. The molecule has 146 valence electrons. The maximum absolute atomic E-state index is 11.4. The van der Waals surface area contributed by atoms with Gasteiger partial charge in [0.25, 0.3) is 0 Å². The molecule has 0 radical (unpaired) electrons. The molecule has 0 spiro atoms. The van der Waals surface area contributed by atoms with E-state index in [0.717, 1.165) is 28.2 Å². The summed E-state index contributed by atoms with van der Waals surface area (Å²) in [6, 6.07) is 16.8. The molecule has 2 heterocycles. The van der Waals surface area contributed by atoms with Crippen LogP contribution in [0.1, 0.15) is 5.56 Å². The molecule has 4 aromatic rings. The van der Waals surface area contributed by atoms with Crippen molar-refractivity contribution in [3.8, 4) is 16.9 Å².